The van der Waals surface area contributed by atoms with Crippen LogP contribution in [0.25, 0.3) is 0 Å². The molecule has 0 fully saturated rings. The van der Waals surface area contributed by atoms with Gasteiger partial charge in [0, 0.05) is 10.5 Å². The van der Waals surface area contributed by atoms with E-state index < -0.39 is 0 Å². The van der Waals surface area contributed by atoms with E-state index >= 15 is 0 Å². The maximum atomic E-state index is 11.8. The summed E-state index contributed by atoms with van der Waals surface area (Å²) in [5.74, 6) is 1.00. The fourth-order valence-corrected chi connectivity index (χ4v) is 2.65. The minimum atomic E-state index is -0.165. The maximum absolute atomic E-state index is 11.8. The van der Waals surface area contributed by atoms with Crippen LogP contribution >= 0.6 is 39.1 Å². The van der Waals surface area contributed by atoms with Crippen LogP contribution in [-0.2, 0) is 0 Å². The molecular formula is C15H11BrCl2O3. The number of Topliss-reactive ketones (excluding diaryl/α,β-unsaturated/α-hetero) is 1. The predicted octanol–water partition coefficient (Wildman–Crippen LogP) is 5.76. The number of rotatable bonds is 4. The van der Waals surface area contributed by atoms with E-state index in [1.165, 1.54) is 14.0 Å². The first-order chi connectivity index (χ1) is 9.93. The molecule has 0 unspecified atom stereocenters. The Kier molecular flexibility index (Phi) is 5.14. The highest BCUT2D eigenvalue weighted by molar-refractivity contribution is 9.10. The Morgan fingerprint density at radius 3 is 2.38 bits per heavy atom. The van der Waals surface area contributed by atoms with Crippen LogP contribution in [0.4, 0.5) is 0 Å². The van der Waals surface area contributed by atoms with Gasteiger partial charge >= 0.3 is 0 Å². The van der Waals surface area contributed by atoms with Crippen molar-refractivity contribution in [2.45, 2.75) is 6.92 Å². The first kappa shape index (κ1) is 16.1. The summed E-state index contributed by atoms with van der Waals surface area (Å²) in [6.45, 7) is 1.45. The van der Waals surface area contributed by atoms with Crippen molar-refractivity contribution in [1.29, 1.82) is 0 Å². The molecule has 0 saturated heterocycles. The lowest BCUT2D eigenvalue weighted by molar-refractivity contribution is 0.101. The third kappa shape index (κ3) is 3.51. The van der Waals surface area contributed by atoms with Crippen molar-refractivity contribution in [3.8, 4) is 17.2 Å². The third-order valence-electron chi connectivity index (χ3n) is 2.75. The lowest BCUT2D eigenvalue weighted by atomic mass is 10.1. The molecule has 0 bridgehead atoms. The Morgan fingerprint density at radius 1 is 1.10 bits per heavy atom. The van der Waals surface area contributed by atoms with Crippen LogP contribution in [0, 0.1) is 0 Å². The zero-order valence-electron chi connectivity index (χ0n) is 11.2. The number of ketones is 1. The van der Waals surface area contributed by atoms with Crippen molar-refractivity contribution in [2.24, 2.45) is 0 Å². The topological polar surface area (TPSA) is 35.5 Å². The quantitative estimate of drug-likeness (QED) is 0.492. The first-order valence-electron chi connectivity index (χ1n) is 5.94. The molecule has 2 rings (SSSR count). The van der Waals surface area contributed by atoms with E-state index in [0.29, 0.717) is 37.3 Å². The minimum absolute atomic E-state index is 0.165. The second kappa shape index (κ2) is 6.69. The Morgan fingerprint density at radius 2 is 1.76 bits per heavy atom. The van der Waals surface area contributed by atoms with Crippen LogP contribution < -0.4 is 9.47 Å². The molecule has 0 aliphatic rings. The largest absolute Gasteiger partial charge is 0.496 e. The van der Waals surface area contributed by atoms with Crippen molar-refractivity contribution in [1.82, 2.24) is 0 Å². The SMILES string of the molecule is COc1cccc(Oc2cc(Cl)c(Br)cc2Cl)c1C(C)=O. The zero-order valence-corrected chi connectivity index (χ0v) is 14.3. The molecule has 0 atom stereocenters. The van der Waals surface area contributed by atoms with Gasteiger partial charge in [-0.2, -0.15) is 0 Å². The van der Waals surface area contributed by atoms with E-state index in [4.69, 9.17) is 32.7 Å². The Balaban J connectivity index is 2.49. The average molecular weight is 390 g/mol. The third-order valence-corrected chi connectivity index (χ3v) is 4.25. The summed E-state index contributed by atoms with van der Waals surface area (Å²) in [4.78, 5) is 11.8. The van der Waals surface area contributed by atoms with E-state index in [1.807, 2.05) is 0 Å². The van der Waals surface area contributed by atoms with Crippen molar-refractivity contribution in [3.05, 3.63) is 50.4 Å². The van der Waals surface area contributed by atoms with Crippen LogP contribution in [0.1, 0.15) is 17.3 Å². The fourth-order valence-electron chi connectivity index (χ4n) is 1.81. The number of halogens is 3. The van der Waals surface area contributed by atoms with E-state index in [2.05, 4.69) is 15.9 Å². The molecule has 2 aromatic rings. The molecule has 110 valence electrons. The smallest absolute Gasteiger partial charge is 0.167 e. The second-order valence-electron chi connectivity index (χ2n) is 4.19. The zero-order chi connectivity index (χ0) is 15.6. The lowest BCUT2D eigenvalue weighted by Crippen LogP contribution is -2.01. The van der Waals surface area contributed by atoms with Crippen LogP contribution in [-0.4, -0.2) is 12.9 Å². The highest BCUT2D eigenvalue weighted by atomic mass is 79.9. The van der Waals surface area contributed by atoms with Gasteiger partial charge in [-0.05, 0) is 41.1 Å². The highest BCUT2D eigenvalue weighted by Gasteiger charge is 2.17. The standard InChI is InChI=1S/C15H11BrCl2O3/c1-8(19)15-12(20-2)4-3-5-13(15)21-14-7-10(17)9(16)6-11(14)18/h3-7H,1-2H3. The van der Waals surface area contributed by atoms with Crippen LogP contribution in [0.3, 0.4) is 0 Å². The Bertz CT molecular complexity index is 702. The van der Waals surface area contributed by atoms with Gasteiger partial charge in [0.05, 0.1) is 17.2 Å². The first-order valence-corrected chi connectivity index (χ1v) is 7.49. The molecular weight excluding hydrogens is 379 g/mol. The molecule has 0 amide bonds. The second-order valence-corrected chi connectivity index (χ2v) is 5.86. The van der Waals surface area contributed by atoms with Crippen LogP contribution in [0.5, 0.6) is 17.2 Å². The van der Waals surface area contributed by atoms with Gasteiger partial charge in [-0.25, -0.2) is 0 Å². The van der Waals surface area contributed by atoms with E-state index in [1.54, 1.807) is 30.3 Å². The summed E-state index contributed by atoms with van der Waals surface area (Å²) in [7, 11) is 1.50. The van der Waals surface area contributed by atoms with Gasteiger partial charge in [0.1, 0.15) is 22.8 Å². The monoisotopic (exact) mass is 388 g/mol. The van der Waals surface area contributed by atoms with Gasteiger partial charge in [-0.15, -0.1) is 0 Å². The van der Waals surface area contributed by atoms with Crippen molar-refractivity contribution in [2.75, 3.05) is 7.11 Å². The summed E-state index contributed by atoms with van der Waals surface area (Å²) in [5.41, 5.74) is 0.357. The van der Waals surface area contributed by atoms with Crippen molar-refractivity contribution in [3.63, 3.8) is 0 Å². The molecule has 0 N–H and O–H groups in total. The van der Waals surface area contributed by atoms with Gasteiger partial charge in [0.2, 0.25) is 0 Å². The Labute approximate surface area is 140 Å². The molecule has 0 radical (unpaired) electrons. The maximum Gasteiger partial charge on any atom is 0.167 e. The summed E-state index contributed by atoms with van der Waals surface area (Å²) >= 11 is 15.4. The number of ether oxygens (including phenoxy) is 2. The van der Waals surface area contributed by atoms with Crippen molar-refractivity contribution < 1.29 is 14.3 Å². The Hall–Kier alpha value is -1.23. The molecule has 0 spiro atoms. The molecule has 0 saturated carbocycles. The normalized spacial score (nSPS) is 10.3. The van der Waals surface area contributed by atoms with Crippen LogP contribution in [0.15, 0.2) is 34.8 Å². The molecule has 0 heterocycles. The van der Waals surface area contributed by atoms with Gasteiger partial charge in [0.25, 0.3) is 0 Å². The van der Waals surface area contributed by atoms with Crippen LogP contribution in [0.2, 0.25) is 10.0 Å². The molecule has 6 heteroatoms. The summed E-state index contributed by atoms with van der Waals surface area (Å²) < 4.78 is 11.6. The van der Waals surface area contributed by atoms with E-state index in [0.717, 1.165) is 0 Å². The summed E-state index contributed by atoms with van der Waals surface area (Å²) in [5, 5.41) is 0.838. The number of carbonyl (C=O) groups is 1. The number of hydrogen-bond donors (Lipinski definition) is 0. The number of benzene rings is 2. The van der Waals surface area contributed by atoms with Gasteiger partial charge < -0.3 is 9.47 Å². The summed E-state index contributed by atoms with van der Waals surface area (Å²) in [6.07, 6.45) is 0. The lowest BCUT2D eigenvalue weighted by Gasteiger charge is -2.14. The molecule has 0 aliphatic heterocycles. The van der Waals surface area contributed by atoms with E-state index in [9.17, 15) is 4.79 Å². The van der Waals surface area contributed by atoms with Gasteiger partial charge in [-0.3, -0.25) is 4.79 Å². The van der Waals surface area contributed by atoms with Gasteiger partial charge in [-0.1, -0.05) is 29.3 Å². The molecule has 0 aliphatic carbocycles. The molecule has 3 nitrogen and oxygen atoms in total. The fraction of sp³-hybridized carbons (Fsp3) is 0.133. The van der Waals surface area contributed by atoms with E-state index in [-0.39, 0.29) is 5.78 Å². The number of methoxy groups -OCH3 is 1. The minimum Gasteiger partial charge on any atom is -0.496 e. The highest BCUT2D eigenvalue weighted by Crippen LogP contribution is 2.39. The molecule has 21 heavy (non-hydrogen) atoms. The summed E-state index contributed by atoms with van der Waals surface area (Å²) in [6, 6.07) is 8.31. The number of hydrogen-bond acceptors (Lipinski definition) is 3. The predicted molar refractivity (Wildman–Crippen MR) is 87.2 cm³/mol. The van der Waals surface area contributed by atoms with Gasteiger partial charge in [0.15, 0.2) is 5.78 Å². The van der Waals surface area contributed by atoms with Crippen molar-refractivity contribution >= 4 is 44.9 Å². The average Bonchev–Trinajstić information content (AvgIpc) is 2.44. The number of carbonyl (C=O) groups excluding carboxylic acids is 1. The molecule has 0 aromatic heterocycles. The molecule has 2 aromatic carbocycles.